The molecule has 8 atom stereocenters. The summed E-state index contributed by atoms with van der Waals surface area (Å²) in [6.07, 6.45) is 21.8. The van der Waals surface area contributed by atoms with Crippen LogP contribution >= 0.6 is 0 Å². The zero-order valence-corrected chi connectivity index (χ0v) is 59.2. The number of nitrogens with zero attached hydrogens (tertiary/aromatic N) is 12. The standard InChI is InChI=1S/C22H25N3O2.2C20H24N4O.C19H23N5O/c1-14-4-5-17-16(11-14)22-18-3-2-9-24(18)10-7-19(22)25(17)13-20(26)15-6-8-23-21(27)12-15;1-13-4-5-15-14(11-13)19-16-3-2-9-23(16)10-6-17(19)24(15)12-18(25)20-21-7-8-22-20;1-13-4-5-16-14(9-13)20-17-3-2-7-23(17)8-6-18(20)24(16)11-19(25)15-10-21-12-22-15;1-12-4-5-15-13(9-12)19-16-3-2-7-23(16)8-6-17(19)24(15)11-18(25)14-10-20-22-21-14/h4-6,8,11-12,18,20,26H,2-3,7,9-10,13H2,1H3,(H,23,27);4-5,7-8,11,16,18,25H,2-3,6,9-10,12H2,1H3,(H,21,22);4-5,9-10,12,17,19,25H,2-3,6-8,11H2,1H3,(H,21,22);4-5,9-10,16,18,25H,2-3,6-8,11H2,1H3,(H,20,21,22). The van der Waals surface area contributed by atoms with E-state index in [-0.39, 0.29) is 5.56 Å². The van der Waals surface area contributed by atoms with Crippen LogP contribution in [0.15, 0.2) is 127 Å². The molecule has 0 radical (unpaired) electrons. The number of aromatic nitrogens is 12. The number of hydrogen-bond acceptors (Lipinski definition) is 13. The number of aliphatic hydroxyl groups is 4. The molecule has 530 valence electrons. The molecule has 102 heavy (non-hydrogen) atoms. The van der Waals surface area contributed by atoms with Gasteiger partial charge in [-0.1, -0.05) is 46.5 Å². The summed E-state index contributed by atoms with van der Waals surface area (Å²) in [7, 11) is 0. The van der Waals surface area contributed by atoms with Crippen molar-refractivity contribution in [1.29, 1.82) is 0 Å². The highest BCUT2D eigenvalue weighted by molar-refractivity contribution is 5.90. The van der Waals surface area contributed by atoms with E-state index in [1.807, 2.05) is 0 Å². The molecule has 8 aromatic heterocycles. The molecule has 0 spiro atoms. The third-order valence-electron chi connectivity index (χ3n) is 23.9. The Kier molecular flexibility index (Phi) is 18.1. The van der Waals surface area contributed by atoms with Crippen LogP contribution in [0, 0.1) is 27.7 Å². The van der Waals surface area contributed by atoms with Crippen LogP contribution in [0.4, 0.5) is 0 Å². The summed E-state index contributed by atoms with van der Waals surface area (Å²) >= 11 is 0. The van der Waals surface area contributed by atoms with Crippen molar-refractivity contribution in [3.63, 3.8) is 0 Å². The number of nitrogens with one attached hydrogen (secondary N) is 4. The monoisotopic (exact) mass is 1370 g/mol. The summed E-state index contributed by atoms with van der Waals surface area (Å²) in [5.41, 5.74) is 23.5. The van der Waals surface area contributed by atoms with Gasteiger partial charge in [0.1, 0.15) is 29.8 Å². The van der Waals surface area contributed by atoms with Crippen molar-refractivity contribution in [3.8, 4) is 0 Å². The summed E-state index contributed by atoms with van der Waals surface area (Å²) in [5, 5.41) is 58.7. The number of aromatic amines is 4. The SMILES string of the molecule is Cc1ccc2c(c1)c1c(n2CC(O)c2cc[nH]c(=O)c2)CCN2CCCC12.Cc1ccc2c(c1)c1c(n2CC(O)c2cn[nH]n2)CCN2CCCC12.Cc1ccc2c(c1)c1c(n2CC(O)c2cnc[nH]2)CCN2CCCC12.Cc1ccc2c(c1)c1c(n2CC(O)c2ncc[nH]2)CCN2CCCC12. The molecule has 0 aliphatic carbocycles. The summed E-state index contributed by atoms with van der Waals surface area (Å²) in [6.45, 7) is 20.1. The fourth-order valence-corrected chi connectivity index (χ4v) is 19.3. The van der Waals surface area contributed by atoms with Crippen molar-refractivity contribution in [2.75, 3.05) is 52.4 Å². The first-order chi connectivity index (χ1) is 49.8. The molecule has 16 heterocycles. The zero-order chi connectivity index (χ0) is 69.4. The topological polar surface area (TPSA) is 245 Å². The van der Waals surface area contributed by atoms with Crippen molar-refractivity contribution >= 4 is 43.6 Å². The Balaban J connectivity index is 0.000000101. The number of imidazole rings is 2. The molecule has 0 bridgehead atoms. The molecule has 20 rings (SSSR count). The van der Waals surface area contributed by atoms with E-state index >= 15 is 0 Å². The lowest BCUT2D eigenvalue weighted by molar-refractivity contribution is 0.147. The average Bonchev–Trinajstić information content (AvgIpc) is 1.61. The second-order valence-electron chi connectivity index (χ2n) is 30.2. The largest absolute Gasteiger partial charge is 0.387 e. The predicted octanol–water partition coefficient (Wildman–Crippen LogP) is 11.8. The summed E-state index contributed by atoms with van der Waals surface area (Å²) < 4.78 is 9.31. The molecule has 4 aromatic carbocycles. The van der Waals surface area contributed by atoms with Gasteiger partial charge >= 0.3 is 0 Å². The Morgan fingerprint density at radius 1 is 0.451 bits per heavy atom. The van der Waals surface area contributed by atoms with Crippen LogP contribution in [0.2, 0.25) is 0 Å². The number of rotatable bonds is 12. The van der Waals surface area contributed by atoms with E-state index in [4.69, 9.17) is 0 Å². The number of fused-ring (bicyclic) bond motifs is 20. The summed E-state index contributed by atoms with van der Waals surface area (Å²) in [6, 6.07) is 32.2. The van der Waals surface area contributed by atoms with Crippen LogP contribution in [-0.4, -0.2) is 151 Å². The number of aliphatic hydroxyl groups excluding tert-OH is 4. The molecule has 8 unspecified atom stereocenters. The molecule has 0 amide bonds. The molecule has 8 N–H and O–H groups in total. The van der Waals surface area contributed by atoms with E-state index in [0.29, 0.717) is 67.4 Å². The third-order valence-corrected chi connectivity index (χ3v) is 23.9. The minimum Gasteiger partial charge on any atom is -0.387 e. The molecule has 8 aliphatic rings. The fraction of sp³-hybridized carbons (Fsp3) is 0.444. The second-order valence-corrected chi connectivity index (χ2v) is 30.2. The van der Waals surface area contributed by atoms with Crippen molar-refractivity contribution in [2.45, 2.75) is 180 Å². The van der Waals surface area contributed by atoms with Gasteiger partial charge in [0.05, 0.1) is 56.7 Å². The van der Waals surface area contributed by atoms with Gasteiger partial charge in [0, 0.05) is 167 Å². The summed E-state index contributed by atoms with van der Waals surface area (Å²) in [5.74, 6) is 0.640. The predicted molar refractivity (Wildman–Crippen MR) is 396 cm³/mol. The average molecular weight is 1370 g/mol. The molecule has 0 saturated carbocycles. The Hall–Kier alpha value is -8.77. The molecule has 8 aliphatic heterocycles. The number of hydrogen-bond donors (Lipinski definition) is 8. The maximum absolute atomic E-state index is 11.6. The van der Waals surface area contributed by atoms with E-state index < -0.39 is 24.4 Å². The van der Waals surface area contributed by atoms with Crippen LogP contribution in [0.25, 0.3) is 43.6 Å². The molecule has 4 fully saturated rings. The number of benzene rings is 4. The first-order valence-corrected chi connectivity index (χ1v) is 37.4. The second kappa shape index (κ2) is 27.8. The first kappa shape index (κ1) is 66.5. The van der Waals surface area contributed by atoms with E-state index in [1.54, 1.807) is 43.4 Å². The molecule has 21 nitrogen and oxygen atoms in total. The van der Waals surface area contributed by atoms with Gasteiger partial charge in [0.25, 0.3) is 0 Å². The lowest BCUT2D eigenvalue weighted by Gasteiger charge is -2.31. The van der Waals surface area contributed by atoms with Gasteiger partial charge in [-0.25, -0.2) is 9.97 Å². The molecular formula is C81H96N16O5. The normalized spacial score (nSPS) is 21.2. The highest BCUT2D eigenvalue weighted by Crippen LogP contribution is 2.48. The van der Waals surface area contributed by atoms with Crippen LogP contribution in [-0.2, 0) is 51.9 Å². The third kappa shape index (κ3) is 12.3. The van der Waals surface area contributed by atoms with E-state index in [1.165, 1.54) is 195 Å². The Morgan fingerprint density at radius 2 is 0.863 bits per heavy atom. The Morgan fingerprint density at radius 3 is 1.24 bits per heavy atom. The van der Waals surface area contributed by atoms with Crippen molar-refractivity contribution in [2.24, 2.45) is 0 Å². The van der Waals surface area contributed by atoms with Crippen molar-refractivity contribution in [1.82, 2.24) is 78.2 Å². The van der Waals surface area contributed by atoms with Gasteiger partial charge in [-0.05, 0) is 188 Å². The van der Waals surface area contributed by atoms with E-state index in [0.717, 1.165) is 57.6 Å². The maximum Gasteiger partial charge on any atom is 0.248 e. The fourth-order valence-electron chi connectivity index (χ4n) is 19.3. The van der Waals surface area contributed by atoms with E-state index in [2.05, 4.69) is 179 Å². The summed E-state index contributed by atoms with van der Waals surface area (Å²) in [4.78, 5) is 39.1. The van der Waals surface area contributed by atoms with E-state index in [9.17, 15) is 25.2 Å². The van der Waals surface area contributed by atoms with Gasteiger partial charge in [0.2, 0.25) is 5.56 Å². The lowest BCUT2D eigenvalue weighted by Crippen LogP contribution is -2.31. The number of H-pyrrole nitrogens is 4. The first-order valence-electron chi connectivity index (χ1n) is 37.4. The van der Waals surface area contributed by atoms with Crippen LogP contribution in [0.3, 0.4) is 0 Å². The lowest BCUT2D eigenvalue weighted by atomic mass is 9.95. The van der Waals surface area contributed by atoms with Crippen molar-refractivity contribution < 1.29 is 20.4 Å². The van der Waals surface area contributed by atoms with Crippen LogP contribution < -0.4 is 5.56 Å². The van der Waals surface area contributed by atoms with Gasteiger partial charge in [-0.2, -0.15) is 15.4 Å². The quantitative estimate of drug-likeness (QED) is 0.0568. The van der Waals surface area contributed by atoms with Gasteiger partial charge in [0.15, 0.2) is 0 Å². The Bertz CT molecular complexity index is 4700. The Labute approximate surface area is 593 Å². The minimum absolute atomic E-state index is 0.178. The smallest absolute Gasteiger partial charge is 0.248 e. The van der Waals surface area contributed by atoms with Crippen molar-refractivity contribution in [3.05, 3.63) is 223 Å². The van der Waals surface area contributed by atoms with Gasteiger partial charge in [-0.15, -0.1) is 0 Å². The highest BCUT2D eigenvalue weighted by atomic mass is 16.3. The highest BCUT2D eigenvalue weighted by Gasteiger charge is 2.40. The number of aryl methyl sites for hydroxylation is 4. The molecule has 4 saturated heterocycles. The molecule has 12 aromatic rings. The molecular weight excluding hydrogens is 1280 g/mol. The van der Waals surface area contributed by atoms with Gasteiger partial charge < -0.3 is 53.6 Å². The maximum atomic E-state index is 11.6. The molecule has 21 heteroatoms. The minimum atomic E-state index is -0.699. The zero-order valence-electron chi connectivity index (χ0n) is 59.2. The number of pyridine rings is 1. The van der Waals surface area contributed by atoms with Crippen LogP contribution in [0.1, 0.15) is 190 Å². The van der Waals surface area contributed by atoms with Gasteiger partial charge in [-0.3, -0.25) is 24.4 Å². The van der Waals surface area contributed by atoms with Crippen LogP contribution in [0.5, 0.6) is 0 Å².